The maximum Gasteiger partial charge on any atom is 0.272 e. The lowest BCUT2D eigenvalue weighted by atomic mass is 10.0. The van der Waals surface area contributed by atoms with Crippen molar-refractivity contribution in [3.05, 3.63) is 77.6 Å². The Morgan fingerprint density at radius 2 is 1.88 bits per heavy atom. The number of halogens is 1. The van der Waals surface area contributed by atoms with Crippen LogP contribution < -0.4 is 0 Å². The first-order valence-electron chi connectivity index (χ1n) is 7.93. The van der Waals surface area contributed by atoms with Crippen molar-refractivity contribution in [1.82, 2.24) is 24.8 Å². The molecular formula is C18H18FN5O. The molecule has 3 rings (SSSR count). The fraction of sp³-hybridized carbons (Fsp3) is 0.222. The zero-order valence-corrected chi connectivity index (χ0v) is 14.0. The zero-order valence-electron chi connectivity index (χ0n) is 14.0. The number of hydrogen-bond acceptors (Lipinski definition) is 4. The minimum Gasteiger partial charge on any atom is -0.338 e. The fourth-order valence-corrected chi connectivity index (χ4v) is 2.60. The number of amides is 1. The van der Waals surface area contributed by atoms with Gasteiger partial charge >= 0.3 is 0 Å². The molecule has 0 radical (unpaired) electrons. The van der Waals surface area contributed by atoms with Gasteiger partial charge in [0.05, 0.1) is 6.20 Å². The zero-order chi connectivity index (χ0) is 17.8. The summed E-state index contributed by atoms with van der Waals surface area (Å²) in [6.45, 7) is 1.95. The summed E-state index contributed by atoms with van der Waals surface area (Å²) in [4.78, 5) is 30.1. The molecule has 0 spiro atoms. The molecule has 0 aliphatic carbocycles. The van der Waals surface area contributed by atoms with Gasteiger partial charge in [-0.25, -0.2) is 19.3 Å². The highest BCUT2D eigenvalue weighted by molar-refractivity contribution is 5.92. The molecular weight excluding hydrogens is 321 g/mol. The topological polar surface area (TPSA) is 74.8 Å². The summed E-state index contributed by atoms with van der Waals surface area (Å²) in [6, 6.07) is 7.14. The second-order valence-electron chi connectivity index (χ2n) is 5.57. The number of benzene rings is 1. The number of H-pyrrole nitrogens is 1. The Balaban J connectivity index is 1.98. The first-order valence-corrected chi connectivity index (χ1v) is 7.93. The Labute approximate surface area is 144 Å². The Hall–Kier alpha value is -3.09. The van der Waals surface area contributed by atoms with E-state index in [9.17, 15) is 9.18 Å². The Kier molecular flexibility index (Phi) is 4.83. The van der Waals surface area contributed by atoms with Crippen molar-refractivity contribution in [3.63, 3.8) is 0 Å². The summed E-state index contributed by atoms with van der Waals surface area (Å²) in [5.41, 5.74) is 1.11. The molecule has 0 aliphatic heterocycles. The number of rotatable bonds is 5. The Morgan fingerprint density at radius 3 is 2.48 bits per heavy atom. The van der Waals surface area contributed by atoms with Crippen molar-refractivity contribution < 1.29 is 9.18 Å². The highest BCUT2D eigenvalue weighted by Crippen LogP contribution is 2.26. The third kappa shape index (κ3) is 3.55. The molecule has 1 amide bonds. The number of carbonyl (C=O) groups excluding carboxylic acids is 1. The summed E-state index contributed by atoms with van der Waals surface area (Å²) in [5.74, 6) is 0.617. The van der Waals surface area contributed by atoms with E-state index >= 15 is 0 Å². The highest BCUT2D eigenvalue weighted by atomic mass is 19.1. The quantitative estimate of drug-likeness (QED) is 0.775. The lowest BCUT2D eigenvalue weighted by Gasteiger charge is -2.27. The van der Waals surface area contributed by atoms with Crippen molar-refractivity contribution in [3.8, 4) is 0 Å². The molecule has 1 atom stereocenters. The largest absolute Gasteiger partial charge is 0.338 e. The molecule has 0 saturated heterocycles. The summed E-state index contributed by atoms with van der Waals surface area (Å²) < 4.78 is 13.3. The number of aryl methyl sites for hydroxylation is 1. The molecule has 0 bridgehead atoms. The Morgan fingerprint density at radius 1 is 1.20 bits per heavy atom. The average Bonchev–Trinajstić information content (AvgIpc) is 3.13. The van der Waals surface area contributed by atoms with E-state index in [1.54, 1.807) is 37.6 Å². The van der Waals surface area contributed by atoms with Crippen LogP contribution in [0.15, 0.2) is 48.9 Å². The standard InChI is InChI=1S/C18H18FN5O/c1-3-15-22-11-14(23-15)18(25)24(2)16(17-20-9-4-10-21-17)12-5-7-13(19)8-6-12/h4-11,16H,3H2,1-2H3,(H,22,23). The minimum absolute atomic E-state index is 0.242. The van der Waals surface area contributed by atoms with E-state index < -0.39 is 6.04 Å². The van der Waals surface area contributed by atoms with Gasteiger partial charge in [-0.3, -0.25) is 4.79 Å². The first kappa shape index (κ1) is 16.8. The smallest absolute Gasteiger partial charge is 0.272 e. The van der Waals surface area contributed by atoms with Crippen molar-refractivity contribution >= 4 is 5.91 Å². The predicted octanol–water partition coefficient (Wildman–Crippen LogP) is 2.76. The molecule has 25 heavy (non-hydrogen) atoms. The van der Waals surface area contributed by atoms with Gasteiger partial charge in [-0.1, -0.05) is 19.1 Å². The van der Waals surface area contributed by atoms with Crippen LogP contribution in [0.2, 0.25) is 0 Å². The number of aromatic amines is 1. The number of hydrogen-bond donors (Lipinski definition) is 1. The SMILES string of the molecule is CCc1ncc(C(=O)N(C)C(c2ccc(F)cc2)c2ncccn2)[nH]1. The van der Waals surface area contributed by atoms with Crippen molar-refractivity contribution in [2.75, 3.05) is 7.05 Å². The van der Waals surface area contributed by atoms with Crippen LogP contribution in [0, 0.1) is 5.82 Å². The van der Waals surface area contributed by atoms with Gasteiger partial charge in [0.15, 0.2) is 5.82 Å². The molecule has 1 aromatic carbocycles. The molecule has 6 nitrogen and oxygen atoms in total. The molecule has 1 unspecified atom stereocenters. The molecule has 0 aliphatic rings. The van der Waals surface area contributed by atoms with Crippen LogP contribution in [0.4, 0.5) is 4.39 Å². The summed E-state index contributed by atoms with van der Waals surface area (Å²) in [6.07, 6.45) is 5.45. The van der Waals surface area contributed by atoms with Gasteiger partial charge in [0.25, 0.3) is 5.91 Å². The van der Waals surface area contributed by atoms with E-state index in [-0.39, 0.29) is 11.7 Å². The molecule has 128 valence electrons. The average molecular weight is 339 g/mol. The molecule has 2 aromatic heterocycles. The molecule has 2 heterocycles. The van der Waals surface area contributed by atoms with Crippen LogP contribution in [0.25, 0.3) is 0 Å². The van der Waals surface area contributed by atoms with Crippen LogP contribution in [-0.4, -0.2) is 37.8 Å². The van der Waals surface area contributed by atoms with Gasteiger partial charge in [0, 0.05) is 25.9 Å². The molecule has 0 fully saturated rings. The van der Waals surface area contributed by atoms with Crippen molar-refractivity contribution in [1.29, 1.82) is 0 Å². The van der Waals surface area contributed by atoms with Gasteiger partial charge in [-0.2, -0.15) is 0 Å². The van der Waals surface area contributed by atoms with Crippen LogP contribution in [0.1, 0.15) is 40.7 Å². The number of imidazole rings is 1. The van der Waals surface area contributed by atoms with E-state index in [4.69, 9.17) is 0 Å². The van der Waals surface area contributed by atoms with E-state index in [0.29, 0.717) is 17.9 Å². The highest BCUT2D eigenvalue weighted by Gasteiger charge is 2.27. The fourth-order valence-electron chi connectivity index (χ4n) is 2.60. The lowest BCUT2D eigenvalue weighted by Crippen LogP contribution is -2.33. The van der Waals surface area contributed by atoms with E-state index in [0.717, 1.165) is 11.4 Å². The van der Waals surface area contributed by atoms with Crippen LogP contribution in [0.3, 0.4) is 0 Å². The number of nitrogens with zero attached hydrogens (tertiary/aromatic N) is 4. The summed E-state index contributed by atoms with van der Waals surface area (Å²) in [5, 5.41) is 0. The molecule has 3 aromatic rings. The summed E-state index contributed by atoms with van der Waals surface area (Å²) >= 11 is 0. The second kappa shape index (κ2) is 7.21. The monoisotopic (exact) mass is 339 g/mol. The number of carbonyl (C=O) groups is 1. The van der Waals surface area contributed by atoms with Gasteiger partial charge in [0.2, 0.25) is 0 Å². The molecule has 1 N–H and O–H groups in total. The summed E-state index contributed by atoms with van der Waals surface area (Å²) in [7, 11) is 1.67. The van der Waals surface area contributed by atoms with Crippen LogP contribution in [0.5, 0.6) is 0 Å². The van der Waals surface area contributed by atoms with Gasteiger partial charge in [-0.05, 0) is 23.8 Å². The third-order valence-electron chi connectivity index (χ3n) is 3.92. The third-order valence-corrected chi connectivity index (χ3v) is 3.92. The van der Waals surface area contributed by atoms with Crippen LogP contribution in [-0.2, 0) is 6.42 Å². The first-order chi connectivity index (χ1) is 12.1. The maximum atomic E-state index is 13.3. The minimum atomic E-state index is -0.539. The van der Waals surface area contributed by atoms with E-state index in [1.165, 1.54) is 23.2 Å². The predicted molar refractivity (Wildman–Crippen MR) is 90.3 cm³/mol. The van der Waals surface area contributed by atoms with Crippen molar-refractivity contribution in [2.45, 2.75) is 19.4 Å². The van der Waals surface area contributed by atoms with Crippen LogP contribution >= 0.6 is 0 Å². The maximum absolute atomic E-state index is 13.3. The van der Waals surface area contributed by atoms with E-state index in [1.807, 2.05) is 6.92 Å². The second-order valence-corrected chi connectivity index (χ2v) is 5.57. The van der Waals surface area contributed by atoms with Gasteiger partial charge < -0.3 is 9.88 Å². The van der Waals surface area contributed by atoms with Gasteiger partial charge in [-0.15, -0.1) is 0 Å². The lowest BCUT2D eigenvalue weighted by molar-refractivity contribution is 0.0744. The Bertz CT molecular complexity index is 847. The van der Waals surface area contributed by atoms with Gasteiger partial charge in [0.1, 0.15) is 23.4 Å². The van der Waals surface area contributed by atoms with E-state index in [2.05, 4.69) is 19.9 Å². The number of nitrogens with one attached hydrogen (secondary N) is 1. The molecule has 7 heteroatoms. The number of aromatic nitrogens is 4. The molecule has 0 saturated carbocycles. The van der Waals surface area contributed by atoms with Crippen molar-refractivity contribution in [2.24, 2.45) is 0 Å². The normalized spacial score (nSPS) is 12.0.